The van der Waals surface area contributed by atoms with Gasteiger partial charge in [-0.05, 0) is 28.8 Å². The van der Waals surface area contributed by atoms with E-state index < -0.39 is 24.8 Å². The van der Waals surface area contributed by atoms with Crippen LogP contribution in [-0.2, 0) is 13.0 Å². The second kappa shape index (κ2) is 7.48. The number of benzene rings is 2. The summed E-state index contributed by atoms with van der Waals surface area (Å²) in [6.07, 6.45) is -0.181. The second-order valence-corrected chi connectivity index (χ2v) is 5.80. The molecule has 3 N–H and O–H groups in total. The minimum atomic E-state index is -2.89. The summed E-state index contributed by atoms with van der Waals surface area (Å²) in [7, 11) is 0. The zero-order valence-electron chi connectivity index (χ0n) is 13.3. The van der Waals surface area contributed by atoms with E-state index in [0.29, 0.717) is 12.0 Å². The maximum Gasteiger partial charge on any atom is 0.387 e. The number of rotatable bonds is 5. The largest absolute Gasteiger partial charge is 0.435 e. The van der Waals surface area contributed by atoms with Gasteiger partial charge in [0.25, 0.3) is 0 Å². The number of aliphatic hydroxyl groups excluding tert-OH is 1. The number of carbonyl (C=O) groups excluding carboxylic acids is 1. The van der Waals surface area contributed by atoms with Crippen LogP contribution >= 0.6 is 0 Å². The van der Waals surface area contributed by atoms with Gasteiger partial charge in [-0.2, -0.15) is 8.78 Å². The molecular weight excluding hydrogens is 330 g/mol. The van der Waals surface area contributed by atoms with Gasteiger partial charge in [0.15, 0.2) is 0 Å². The lowest BCUT2D eigenvalue weighted by Gasteiger charge is -2.18. The molecule has 3 rings (SSSR count). The van der Waals surface area contributed by atoms with Crippen molar-refractivity contribution in [1.82, 2.24) is 10.6 Å². The number of nitrogens with one attached hydrogen (secondary N) is 2. The molecule has 1 aliphatic carbocycles. The van der Waals surface area contributed by atoms with E-state index in [-0.39, 0.29) is 12.3 Å². The molecule has 0 bridgehead atoms. The van der Waals surface area contributed by atoms with Gasteiger partial charge in [-0.15, -0.1) is 0 Å². The Hall–Kier alpha value is -2.67. The maximum atomic E-state index is 12.2. The Morgan fingerprint density at radius 1 is 1.24 bits per heavy atom. The van der Waals surface area contributed by atoms with Crippen molar-refractivity contribution in [3.05, 3.63) is 65.2 Å². The summed E-state index contributed by atoms with van der Waals surface area (Å²) in [6.45, 7) is -2.74. The smallest absolute Gasteiger partial charge is 0.387 e. The third kappa shape index (κ3) is 4.24. The average Bonchev–Trinajstić information content (AvgIpc) is 2.88. The van der Waals surface area contributed by atoms with Crippen molar-refractivity contribution in [2.24, 2.45) is 0 Å². The van der Waals surface area contributed by atoms with Crippen molar-refractivity contribution < 1.29 is 23.4 Å². The van der Waals surface area contributed by atoms with Crippen LogP contribution in [0.25, 0.3) is 0 Å². The topological polar surface area (TPSA) is 70.6 Å². The molecule has 0 aliphatic heterocycles. The fraction of sp³-hybridized carbons (Fsp3) is 0.278. The summed E-state index contributed by atoms with van der Waals surface area (Å²) >= 11 is 0. The number of alkyl halides is 2. The Morgan fingerprint density at radius 2 is 2.04 bits per heavy atom. The van der Waals surface area contributed by atoms with E-state index in [1.807, 2.05) is 24.3 Å². The molecular formula is C18H18F2N2O3. The monoisotopic (exact) mass is 348 g/mol. The summed E-state index contributed by atoms with van der Waals surface area (Å²) in [5.74, 6) is 0.0369. The molecule has 1 aliphatic rings. The molecule has 0 aromatic heterocycles. The highest BCUT2D eigenvalue weighted by molar-refractivity contribution is 5.74. The molecule has 5 nitrogen and oxygen atoms in total. The first kappa shape index (κ1) is 17.2. The lowest BCUT2D eigenvalue weighted by molar-refractivity contribution is -0.0498. The van der Waals surface area contributed by atoms with Crippen molar-refractivity contribution in [3.63, 3.8) is 0 Å². The van der Waals surface area contributed by atoms with Gasteiger partial charge in [-0.3, -0.25) is 0 Å². The van der Waals surface area contributed by atoms with Gasteiger partial charge >= 0.3 is 12.6 Å². The molecule has 132 valence electrons. The Bertz CT molecular complexity index is 755. The number of aliphatic hydroxyl groups is 1. The highest BCUT2D eigenvalue weighted by Crippen LogP contribution is 2.31. The molecule has 2 aromatic carbocycles. The molecule has 0 radical (unpaired) electrons. The van der Waals surface area contributed by atoms with Gasteiger partial charge in [0.05, 0.1) is 12.1 Å². The minimum Gasteiger partial charge on any atom is -0.435 e. The molecule has 0 heterocycles. The molecule has 0 fully saturated rings. The van der Waals surface area contributed by atoms with Crippen LogP contribution in [-0.4, -0.2) is 23.9 Å². The van der Waals surface area contributed by atoms with E-state index in [0.717, 1.165) is 11.1 Å². The molecule has 0 spiro atoms. The lowest BCUT2D eigenvalue weighted by Crippen LogP contribution is -2.40. The third-order valence-corrected chi connectivity index (χ3v) is 4.07. The summed E-state index contributed by atoms with van der Waals surface area (Å²) in [5.41, 5.74) is 2.54. The fourth-order valence-electron chi connectivity index (χ4n) is 2.95. The second-order valence-electron chi connectivity index (χ2n) is 5.80. The van der Waals surface area contributed by atoms with Crippen LogP contribution in [0.2, 0.25) is 0 Å². The van der Waals surface area contributed by atoms with Gasteiger partial charge in [-0.1, -0.05) is 36.4 Å². The Morgan fingerprint density at radius 3 is 2.84 bits per heavy atom. The standard InChI is InChI=1S/C18H18F2N2O3/c19-17(20)25-13-6-3-4-11(8-13)10-21-18(24)22-16-14-7-2-1-5-12(14)9-15(16)23/h1-8,15-17,23H,9-10H2,(H2,21,22,24)/t15-,16+/m1/s1. The molecule has 2 aromatic rings. The number of urea groups is 1. The Balaban J connectivity index is 1.57. The van der Waals surface area contributed by atoms with E-state index in [2.05, 4.69) is 15.4 Å². The summed E-state index contributed by atoms with van der Waals surface area (Å²) < 4.78 is 28.8. The first-order chi connectivity index (χ1) is 12.0. The first-order valence-corrected chi connectivity index (χ1v) is 7.87. The average molecular weight is 348 g/mol. The van der Waals surface area contributed by atoms with Gasteiger partial charge in [0.2, 0.25) is 0 Å². The number of fused-ring (bicyclic) bond motifs is 1. The van der Waals surface area contributed by atoms with Crippen molar-refractivity contribution >= 4 is 6.03 Å². The van der Waals surface area contributed by atoms with Crippen LogP contribution in [0.3, 0.4) is 0 Å². The number of ether oxygens (including phenoxy) is 1. The number of amides is 2. The Labute approximate surface area is 143 Å². The highest BCUT2D eigenvalue weighted by Gasteiger charge is 2.31. The lowest BCUT2D eigenvalue weighted by atomic mass is 10.1. The zero-order valence-corrected chi connectivity index (χ0v) is 13.3. The van der Waals surface area contributed by atoms with Crippen molar-refractivity contribution in [3.8, 4) is 5.75 Å². The molecule has 25 heavy (non-hydrogen) atoms. The number of carbonyl (C=O) groups is 1. The van der Waals surface area contributed by atoms with Crippen LogP contribution in [0.1, 0.15) is 22.7 Å². The van der Waals surface area contributed by atoms with Crippen LogP contribution < -0.4 is 15.4 Å². The molecule has 0 unspecified atom stereocenters. The molecule has 2 atom stereocenters. The van der Waals surface area contributed by atoms with Crippen molar-refractivity contribution in [2.75, 3.05) is 0 Å². The van der Waals surface area contributed by atoms with Crippen LogP contribution in [0.4, 0.5) is 13.6 Å². The first-order valence-electron chi connectivity index (χ1n) is 7.87. The zero-order chi connectivity index (χ0) is 17.8. The maximum absolute atomic E-state index is 12.2. The summed E-state index contributed by atoms with van der Waals surface area (Å²) in [6, 6.07) is 12.8. The predicted molar refractivity (Wildman–Crippen MR) is 87.3 cm³/mol. The normalized spacial score (nSPS) is 18.7. The van der Waals surface area contributed by atoms with Gasteiger partial charge < -0.3 is 20.5 Å². The predicted octanol–water partition coefficient (Wildman–Crippen LogP) is 2.75. The molecule has 0 saturated carbocycles. The van der Waals surface area contributed by atoms with E-state index in [9.17, 15) is 18.7 Å². The van der Waals surface area contributed by atoms with Crippen LogP contribution in [0.5, 0.6) is 5.75 Å². The van der Waals surface area contributed by atoms with E-state index >= 15 is 0 Å². The van der Waals surface area contributed by atoms with Gasteiger partial charge in [0, 0.05) is 13.0 Å². The number of hydrogen-bond donors (Lipinski definition) is 3. The van der Waals surface area contributed by atoms with E-state index in [1.54, 1.807) is 12.1 Å². The quantitative estimate of drug-likeness (QED) is 0.778. The molecule has 2 amide bonds. The minimum absolute atomic E-state index is 0.0369. The number of halogens is 2. The van der Waals surface area contributed by atoms with Crippen molar-refractivity contribution in [1.29, 1.82) is 0 Å². The van der Waals surface area contributed by atoms with Gasteiger partial charge in [0.1, 0.15) is 5.75 Å². The van der Waals surface area contributed by atoms with E-state index in [4.69, 9.17) is 0 Å². The summed E-state index contributed by atoms with van der Waals surface area (Å²) in [5, 5.41) is 15.5. The van der Waals surface area contributed by atoms with Crippen molar-refractivity contribution in [2.45, 2.75) is 31.7 Å². The molecule has 0 saturated heterocycles. The highest BCUT2D eigenvalue weighted by atomic mass is 19.3. The summed E-state index contributed by atoms with van der Waals surface area (Å²) in [4.78, 5) is 12.1. The van der Waals surface area contributed by atoms with Crippen LogP contribution in [0.15, 0.2) is 48.5 Å². The van der Waals surface area contributed by atoms with E-state index in [1.165, 1.54) is 12.1 Å². The third-order valence-electron chi connectivity index (χ3n) is 4.07. The number of hydrogen-bond acceptors (Lipinski definition) is 3. The van der Waals surface area contributed by atoms with Crippen LogP contribution in [0, 0.1) is 0 Å². The SMILES string of the molecule is O=C(NCc1cccc(OC(F)F)c1)N[C@H]1c2ccccc2C[C@H]1O. The fourth-order valence-corrected chi connectivity index (χ4v) is 2.95. The molecule has 7 heteroatoms. The Kier molecular flexibility index (Phi) is 5.14. The van der Waals surface area contributed by atoms with Gasteiger partial charge in [-0.25, -0.2) is 4.79 Å².